The van der Waals surface area contributed by atoms with Gasteiger partial charge in [-0.25, -0.2) is 16.8 Å². The fraction of sp³-hybridized carbons (Fsp3) is 0.292. The molecular weight excluding hydrogens is 566 g/mol. The Hall–Kier alpha value is -3.37. The van der Waals surface area contributed by atoms with Crippen LogP contribution in [0, 0.1) is 6.92 Å². The number of anilines is 2. The molecule has 1 aliphatic heterocycles. The van der Waals surface area contributed by atoms with Crippen molar-refractivity contribution in [3.8, 4) is 0 Å². The molecule has 0 bridgehead atoms. The smallest absolute Gasteiger partial charge is 0.263 e. The fourth-order valence-corrected chi connectivity index (χ4v) is 6.33. The summed E-state index contributed by atoms with van der Waals surface area (Å²) in [7, 11) is -7.43. The number of amides is 1. The number of aromatic nitrogens is 1. The number of carbonyl (C=O) groups is 1. The molecule has 3 N–H and O–H groups in total. The van der Waals surface area contributed by atoms with Crippen molar-refractivity contribution in [2.75, 3.05) is 36.3 Å². The molecule has 1 amide bonds. The Labute approximate surface area is 231 Å². The number of morpholine rings is 1. The van der Waals surface area contributed by atoms with Crippen LogP contribution in [0.4, 0.5) is 11.5 Å². The molecule has 2 heterocycles. The lowest BCUT2D eigenvalue weighted by atomic mass is 10.1. The van der Waals surface area contributed by atoms with Crippen LogP contribution in [0.2, 0.25) is 0 Å². The zero-order valence-corrected chi connectivity index (χ0v) is 23.4. The van der Waals surface area contributed by atoms with Crippen molar-refractivity contribution in [3.05, 3.63) is 65.9 Å². The van der Waals surface area contributed by atoms with Gasteiger partial charge in [0.15, 0.2) is 10.9 Å². The highest BCUT2D eigenvalue weighted by Crippen LogP contribution is 2.19. The lowest BCUT2D eigenvalue weighted by Crippen LogP contribution is -2.40. The van der Waals surface area contributed by atoms with Gasteiger partial charge < -0.3 is 19.9 Å². The number of benzene rings is 2. The molecule has 1 fully saturated rings. The number of thiocarbonyl (C=S) groups is 1. The summed E-state index contributed by atoms with van der Waals surface area (Å²) < 4.78 is 64.2. The molecule has 1 saturated heterocycles. The van der Waals surface area contributed by atoms with E-state index in [9.17, 15) is 21.6 Å². The molecule has 15 heteroatoms. The van der Waals surface area contributed by atoms with Crippen molar-refractivity contribution in [2.45, 2.75) is 29.6 Å². The predicted octanol–water partition coefficient (Wildman–Crippen LogP) is 2.25. The molecular formula is C24H27N5O7S3. The molecule has 0 atom stereocenters. The van der Waals surface area contributed by atoms with Gasteiger partial charge in [0.2, 0.25) is 15.9 Å². The molecule has 2 aromatic carbocycles. The normalized spacial score (nSPS) is 14.5. The summed E-state index contributed by atoms with van der Waals surface area (Å²) in [5, 5.41) is 9.08. The minimum Gasteiger partial charge on any atom is -0.379 e. The lowest BCUT2D eigenvalue weighted by Gasteiger charge is -2.26. The third-order valence-corrected chi connectivity index (χ3v) is 9.20. The minimum atomic E-state index is -3.86. The van der Waals surface area contributed by atoms with Gasteiger partial charge in [0.25, 0.3) is 10.0 Å². The molecule has 0 unspecified atom stereocenters. The maximum atomic E-state index is 12.7. The molecule has 0 saturated carbocycles. The highest BCUT2D eigenvalue weighted by molar-refractivity contribution is 7.92. The molecule has 1 aliphatic rings. The summed E-state index contributed by atoms with van der Waals surface area (Å²) in [6, 6.07) is 13.7. The molecule has 0 aliphatic carbocycles. The zero-order chi connectivity index (χ0) is 28.0. The van der Waals surface area contributed by atoms with Gasteiger partial charge in [-0.15, -0.1) is 0 Å². The van der Waals surface area contributed by atoms with E-state index in [-0.39, 0.29) is 33.0 Å². The van der Waals surface area contributed by atoms with Crippen LogP contribution >= 0.6 is 12.2 Å². The van der Waals surface area contributed by atoms with Gasteiger partial charge in [0, 0.05) is 31.3 Å². The summed E-state index contributed by atoms with van der Waals surface area (Å²) in [4.78, 5) is 12.6. The van der Waals surface area contributed by atoms with E-state index in [1.165, 1.54) is 46.8 Å². The first-order chi connectivity index (χ1) is 18.5. The summed E-state index contributed by atoms with van der Waals surface area (Å²) in [6.45, 7) is 3.04. The first-order valence-corrected chi connectivity index (χ1v) is 15.2. The van der Waals surface area contributed by atoms with Crippen molar-refractivity contribution in [1.29, 1.82) is 0 Å². The first kappa shape index (κ1) is 28.6. The Balaban J connectivity index is 1.24. The summed E-state index contributed by atoms with van der Waals surface area (Å²) in [5.41, 5.74) is 1.28. The molecule has 208 valence electrons. The number of rotatable bonds is 9. The zero-order valence-electron chi connectivity index (χ0n) is 20.9. The van der Waals surface area contributed by atoms with Gasteiger partial charge in [-0.05, 0) is 67.5 Å². The van der Waals surface area contributed by atoms with E-state index < -0.39 is 20.0 Å². The number of ether oxygens (including phenoxy) is 1. The van der Waals surface area contributed by atoms with Crippen LogP contribution in [-0.2, 0) is 36.0 Å². The highest BCUT2D eigenvalue weighted by Gasteiger charge is 2.26. The topological polar surface area (TPSA) is 160 Å². The third kappa shape index (κ3) is 7.60. The maximum absolute atomic E-state index is 12.7. The van der Waals surface area contributed by atoms with E-state index >= 15 is 0 Å². The van der Waals surface area contributed by atoms with E-state index in [1.54, 1.807) is 19.1 Å². The van der Waals surface area contributed by atoms with Crippen LogP contribution in [0.25, 0.3) is 0 Å². The van der Waals surface area contributed by atoms with E-state index in [2.05, 4.69) is 20.5 Å². The molecule has 12 nitrogen and oxygen atoms in total. The third-order valence-electron chi connectivity index (χ3n) is 5.71. The second-order valence-corrected chi connectivity index (χ2v) is 12.6. The number of nitrogens with one attached hydrogen (secondary N) is 3. The van der Waals surface area contributed by atoms with Gasteiger partial charge in [-0.2, -0.15) is 4.31 Å². The second kappa shape index (κ2) is 12.2. The van der Waals surface area contributed by atoms with Crippen molar-refractivity contribution >= 4 is 54.8 Å². The van der Waals surface area contributed by atoms with E-state index in [4.69, 9.17) is 21.5 Å². The molecule has 0 radical (unpaired) electrons. The number of carbonyl (C=O) groups excluding carboxylic acids is 1. The van der Waals surface area contributed by atoms with Gasteiger partial charge in [-0.1, -0.05) is 17.3 Å². The molecule has 39 heavy (non-hydrogen) atoms. The lowest BCUT2D eigenvalue weighted by molar-refractivity contribution is -0.119. The summed E-state index contributed by atoms with van der Waals surface area (Å²) >= 11 is 5.19. The van der Waals surface area contributed by atoms with Crippen LogP contribution in [0.15, 0.2) is 68.9 Å². The van der Waals surface area contributed by atoms with E-state index in [0.717, 1.165) is 5.56 Å². The number of hydrogen-bond donors (Lipinski definition) is 3. The van der Waals surface area contributed by atoms with Crippen molar-refractivity contribution in [1.82, 2.24) is 14.8 Å². The number of nitrogens with zero attached hydrogens (tertiary/aromatic N) is 2. The van der Waals surface area contributed by atoms with Crippen LogP contribution in [0.3, 0.4) is 0 Å². The van der Waals surface area contributed by atoms with Gasteiger partial charge in [0.05, 0.1) is 23.0 Å². The summed E-state index contributed by atoms with van der Waals surface area (Å²) in [5.74, 6) is 0.215. The average molecular weight is 594 g/mol. The Morgan fingerprint density at radius 1 is 1.00 bits per heavy atom. The molecule has 3 aromatic rings. The van der Waals surface area contributed by atoms with Crippen molar-refractivity contribution < 1.29 is 30.9 Å². The predicted molar refractivity (Wildman–Crippen MR) is 147 cm³/mol. The summed E-state index contributed by atoms with van der Waals surface area (Å²) in [6.07, 6.45) is 0.513. The number of hydrogen-bond acceptors (Lipinski definition) is 9. The van der Waals surface area contributed by atoms with Gasteiger partial charge in [-0.3, -0.25) is 9.52 Å². The average Bonchev–Trinajstić information content (AvgIpc) is 3.32. The Bertz CT molecular complexity index is 1530. The Morgan fingerprint density at radius 3 is 2.26 bits per heavy atom. The van der Waals surface area contributed by atoms with Crippen molar-refractivity contribution in [3.63, 3.8) is 0 Å². The van der Waals surface area contributed by atoms with Crippen LogP contribution in [-0.4, -0.2) is 63.6 Å². The first-order valence-electron chi connectivity index (χ1n) is 11.9. The fourth-order valence-electron chi connectivity index (χ4n) is 3.70. The molecule has 0 spiro atoms. The number of aryl methyl sites for hydroxylation is 2. The van der Waals surface area contributed by atoms with E-state index in [1.807, 2.05) is 0 Å². The standard InChI is InChI=1S/C24H27N5O7S3/c1-17-16-22(27-36-17)28-38(31,32)20-9-5-19(6-10-20)25-24(37)26-23(30)11-4-18-2-7-21(8-3-18)39(33,34)29-12-14-35-15-13-29/h2-3,5-10,16H,4,11-15H2,1H3,(H,27,28)(H2,25,26,30,37). The molecule has 4 rings (SSSR count). The van der Waals surface area contributed by atoms with E-state index in [0.29, 0.717) is 44.2 Å². The maximum Gasteiger partial charge on any atom is 0.263 e. The van der Waals surface area contributed by atoms with Gasteiger partial charge in [0.1, 0.15) is 5.76 Å². The second-order valence-electron chi connectivity index (χ2n) is 8.62. The monoisotopic (exact) mass is 593 g/mol. The van der Waals surface area contributed by atoms with Crippen LogP contribution in [0.5, 0.6) is 0 Å². The number of sulfonamides is 2. The van der Waals surface area contributed by atoms with Crippen LogP contribution in [0.1, 0.15) is 17.7 Å². The quantitative estimate of drug-likeness (QED) is 0.314. The van der Waals surface area contributed by atoms with Crippen LogP contribution < -0.4 is 15.4 Å². The highest BCUT2D eigenvalue weighted by atomic mass is 32.2. The van der Waals surface area contributed by atoms with Crippen molar-refractivity contribution in [2.24, 2.45) is 0 Å². The largest absolute Gasteiger partial charge is 0.379 e. The Kier molecular flexibility index (Phi) is 8.97. The van der Waals surface area contributed by atoms with Gasteiger partial charge >= 0.3 is 0 Å². The SMILES string of the molecule is Cc1cc(NS(=O)(=O)c2ccc(NC(=S)NC(=O)CCc3ccc(S(=O)(=O)N4CCOCC4)cc3)cc2)no1. The molecule has 1 aromatic heterocycles. The Morgan fingerprint density at radius 2 is 1.64 bits per heavy atom. The minimum absolute atomic E-state index is 0.00687.